The van der Waals surface area contributed by atoms with E-state index in [0.717, 1.165) is 15.9 Å². The monoisotopic (exact) mass is 454 g/mol. The van der Waals surface area contributed by atoms with Crippen LogP contribution in [-0.2, 0) is 8.99 Å². The van der Waals surface area contributed by atoms with Gasteiger partial charge in [0.25, 0.3) is 0 Å². The molecule has 31 heavy (non-hydrogen) atoms. The molecule has 0 bridgehead atoms. The van der Waals surface area contributed by atoms with E-state index in [4.69, 9.17) is 4.43 Å². The first-order chi connectivity index (χ1) is 14.3. The lowest BCUT2D eigenvalue weighted by Gasteiger charge is -2.36. The number of rotatable bonds is 7. The molecule has 2 nitrogen and oxygen atoms in total. The van der Waals surface area contributed by atoms with Gasteiger partial charge in [-0.15, -0.1) is 5.73 Å². The third-order valence-corrected chi connectivity index (χ3v) is 13.6. The second-order valence-electron chi connectivity index (χ2n) is 10.7. The van der Waals surface area contributed by atoms with Gasteiger partial charge < -0.3 is 8.99 Å². The van der Waals surface area contributed by atoms with E-state index in [2.05, 4.69) is 60.4 Å². The molecule has 0 saturated heterocycles. The Labute approximate surface area is 190 Å². The Kier molecular flexibility index (Phi) is 8.17. The summed E-state index contributed by atoms with van der Waals surface area (Å²) in [6.45, 7) is 18.2. The van der Waals surface area contributed by atoms with Gasteiger partial charge in [-0.2, -0.15) is 0 Å². The van der Waals surface area contributed by atoms with Crippen molar-refractivity contribution in [2.75, 3.05) is 6.61 Å². The van der Waals surface area contributed by atoms with Crippen molar-refractivity contribution in [1.29, 1.82) is 0 Å². The van der Waals surface area contributed by atoms with Crippen molar-refractivity contribution in [3.05, 3.63) is 77.8 Å². The largest absolute Gasteiger partial charge is 0.416 e. The summed E-state index contributed by atoms with van der Waals surface area (Å²) >= 11 is 0. The molecule has 168 valence electrons. The minimum absolute atomic E-state index is 0.0518. The number of benzene rings is 2. The first-order valence-corrected chi connectivity index (χ1v) is 15.7. The van der Waals surface area contributed by atoms with E-state index in [-0.39, 0.29) is 10.5 Å². The summed E-state index contributed by atoms with van der Waals surface area (Å²) in [6, 6.07) is 19.7. The fourth-order valence-electron chi connectivity index (χ4n) is 2.98. The molecule has 0 spiro atoms. The quantitative estimate of drug-likeness (QED) is 0.246. The Morgan fingerprint density at radius 1 is 0.903 bits per heavy atom. The lowest BCUT2D eigenvalue weighted by atomic mass is 9.97. The van der Waals surface area contributed by atoms with Crippen LogP contribution in [0.15, 0.2) is 77.8 Å². The molecule has 0 aliphatic rings. The molecule has 0 saturated carbocycles. The maximum Gasteiger partial charge on any atom is 0.191 e. The van der Waals surface area contributed by atoms with Crippen LogP contribution >= 0.6 is 7.14 Å². The van der Waals surface area contributed by atoms with Crippen molar-refractivity contribution in [3.63, 3.8) is 0 Å². The molecule has 0 aliphatic carbocycles. The van der Waals surface area contributed by atoms with Crippen LogP contribution in [0.4, 0.5) is 0 Å². The van der Waals surface area contributed by atoms with Gasteiger partial charge in [0.1, 0.15) is 0 Å². The van der Waals surface area contributed by atoms with Crippen LogP contribution in [0.5, 0.6) is 0 Å². The normalized spacial score (nSPS) is 12.9. The highest BCUT2D eigenvalue weighted by molar-refractivity contribution is 7.82. The van der Waals surface area contributed by atoms with E-state index < -0.39 is 15.5 Å². The van der Waals surface area contributed by atoms with E-state index >= 15 is 0 Å². The summed E-state index contributed by atoms with van der Waals surface area (Å²) in [4.78, 5) is 0. The highest BCUT2D eigenvalue weighted by Crippen LogP contribution is 2.53. The van der Waals surface area contributed by atoms with E-state index in [1.54, 1.807) is 0 Å². The third kappa shape index (κ3) is 6.67. The minimum atomic E-state index is -3.03. The van der Waals surface area contributed by atoms with Crippen LogP contribution < -0.4 is 10.6 Å². The van der Waals surface area contributed by atoms with Crippen molar-refractivity contribution in [3.8, 4) is 0 Å². The first-order valence-electron chi connectivity index (χ1n) is 11.1. The summed E-state index contributed by atoms with van der Waals surface area (Å²) in [7, 11) is -4.92. The average molecular weight is 455 g/mol. The predicted molar refractivity (Wildman–Crippen MR) is 139 cm³/mol. The van der Waals surface area contributed by atoms with Crippen LogP contribution in [0.2, 0.25) is 18.1 Å². The van der Waals surface area contributed by atoms with E-state index in [1.165, 1.54) is 0 Å². The van der Waals surface area contributed by atoms with E-state index in [0.29, 0.717) is 13.0 Å². The first kappa shape index (κ1) is 25.6. The van der Waals surface area contributed by atoms with E-state index in [9.17, 15) is 4.57 Å². The molecule has 2 aromatic carbocycles. The SMILES string of the molecule is CC(C)(C)C=C=C(CCO[Si](C)(C)C(C)(C)C)P(=O)(c1ccccc1)c1ccccc1. The van der Waals surface area contributed by atoms with Crippen LogP contribution in [-0.4, -0.2) is 14.9 Å². The van der Waals surface area contributed by atoms with Gasteiger partial charge in [0.15, 0.2) is 15.5 Å². The second-order valence-corrected chi connectivity index (χ2v) is 18.3. The highest BCUT2D eigenvalue weighted by Gasteiger charge is 2.38. The summed E-state index contributed by atoms with van der Waals surface area (Å²) in [6.07, 6.45) is 2.65. The summed E-state index contributed by atoms with van der Waals surface area (Å²) < 4.78 is 21.3. The predicted octanol–water partition coefficient (Wildman–Crippen LogP) is 7.50. The summed E-state index contributed by atoms with van der Waals surface area (Å²) in [5, 5.41) is 2.66. The van der Waals surface area contributed by atoms with Gasteiger partial charge >= 0.3 is 0 Å². The van der Waals surface area contributed by atoms with Crippen molar-refractivity contribution in [1.82, 2.24) is 0 Å². The minimum Gasteiger partial charge on any atom is -0.416 e. The zero-order valence-corrected chi connectivity index (χ0v) is 22.4. The number of hydrogen-bond acceptors (Lipinski definition) is 2. The van der Waals surface area contributed by atoms with Crippen LogP contribution in [0.1, 0.15) is 48.0 Å². The molecular weight excluding hydrogens is 415 g/mol. The van der Waals surface area contributed by atoms with Crippen LogP contribution in [0.25, 0.3) is 0 Å². The highest BCUT2D eigenvalue weighted by atomic mass is 31.2. The molecule has 0 radical (unpaired) electrons. The average Bonchev–Trinajstić information content (AvgIpc) is 2.69. The zero-order valence-electron chi connectivity index (χ0n) is 20.5. The van der Waals surface area contributed by atoms with Crippen molar-refractivity contribution < 1.29 is 8.99 Å². The standard InChI is InChI=1S/C27H39O2PSi/c1-26(2,3)21-19-25(20-22-29-31(7,8)27(4,5)6)30(28,23-15-11-9-12-16-23)24-17-13-10-14-18-24/h9-18,21H,20,22H2,1-8H3. The smallest absolute Gasteiger partial charge is 0.191 e. The summed E-state index contributed by atoms with van der Waals surface area (Å²) in [5.74, 6) is 0. The Morgan fingerprint density at radius 2 is 1.35 bits per heavy atom. The Bertz CT molecular complexity index is 914. The zero-order chi connectivity index (χ0) is 23.3. The molecule has 0 atom stereocenters. The molecular formula is C27H39O2PSi. The molecule has 0 aliphatic heterocycles. The molecule has 0 aromatic heterocycles. The summed E-state index contributed by atoms with van der Waals surface area (Å²) in [5.41, 5.74) is 3.43. The topological polar surface area (TPSA) is 26.3 Å². The van der Waals surface area contributed by atoms with Gasteiger partial charge in [0.05, 0.1) is 0 Å². The molecule has 2 aromatic rings. The molecule has 0 N–H and O–H groups in total. The van der Waals surface area contributed by atoms with Gasteiger partial charge in [0, 0.05) is 29.0 Å². The van der Waals surface area contributed by atoms with Crippen LogP contribution in [0, 0.1) is 5.41 Å². The third-order valence-electron chi connectivity index (χ3n) is 5.90. The molecule has 0 heterocycles. The second kappa shape index (κ2) is 9.88. The van der Waals surface area contributed by atoms with Gasteiger partial charge in [-0.1, -0.05) is 102 Å². The Hall–Kier alpha value is -1.63. The maximum absolute atomic E-state index is 14.8. The lowest BCUT2D eigenvalue weighted by molar-refractivity contribution is 0.293. The number of hydrogen-bond donors (Lipinski definition) is 0. The van der Waals surface area contributed by atoms with Crippen molar-refractivity contribution >= 4 is 26.1 Å². The molecule has 0 unspecified atom stereocenters. The lowest BCUT2D eigenvalue weighted by Crippen LogP contribution is -2.41. The van der Waals surface area contributed by atoms with Crippen molar-refractivity contribution in [2.24, 2.45) is 5.41 Å². The molecule has 4 heteroatoms. The maximum atomic E-state index is 14.8. The molecule has 0 amide bonds. The fourth-order valence-corrected chi connectivity index (χ4v) is 6.78. The van der Waals surface area contributed by atoms with Crippen molar-refractivity contribution in [2.45, 2.75) is 66.1 Å². The van der Waals surface area contributed by atoms with E-state index in [1.807, 2.05) is 66.7 Å². The van der Waals surface area contributed by atoms with Gasteiger partial charge in [-0.25, -0.2) is 0 Å². The van der Waals surface area contributed by atoms with Gasteiger partial charge in [-0.05, 0) is 29.6 Å². The van der Waals surface area contributed by atoms with Gasteiger partial charge in [0.2, 0.25) is 0 Å². The fraction of sp³-hybridized carbons (Fsp3) is 0.444. The van der Waals surface area contributed by atoms with Crippen LogP contribution in [0.3, 0.4) is 0 Å². The Balaban J connectivity index is 2.57. The van der Waals surface area contributed by atoms with Gasteiger partial charge in [-0.3, -0.25) is 0 Å². The molecule has 2 rings (SSSR count). The Morgan fingerprint density at radius 3 is 1.74 bits per heavy atom. The molecule has 0 fully saturated rings.